The maximum absolute atomic E-state index is 11.7. The number of Topliss-reactive ketones (excluding diaryl/α,β-unsaturated/α-hetero) is 1. The fraction of sp³-hybridized carbons (Fsp3) is 0.423. The number of nitrogens with zero attached hydrogens (tertiary/aromatic N) is 4. The first-order chi connectivity index (χ1) is 17.3. The van der Waals surface area contributed by atoms with Gasteiger partial charge in [0.25, 0.3) is 0 Å². The van der Waals surface area contributed by atoms with Gasteiger partial charge in [-0.1, -0.05) is 51.3 Å². The number of hydrogen-bond donors (Lipinski definition) is 3. The molecule has 0 aliphatic carbocycles. The summed E-state index contributed by atoms with van der Waals surface area (Å²) in [6.07, 6.45) is 11.2. The standard InChI is InChI=1S/C26H37N7O3/c1-6-23(35)28-17-21(34)13-10-8-9-12-20(5)16-29-26-32-25(27-14-11-15-36-7-2)31-24-22(19(3)4)18-30-33(24)26/h6,8-10,12,18-19H,1,5,7,11,13-17H2,2-4H3,(H,28,35)(H2,27,29,31,32)/b10-8+,12-9-. The molecular weight excluding hydrogens is 458 g/mol. The molecule has 2 heterocycles. The van der Waals surface area contributed by atoms with Crippen LogP contribution >= 0.6 is 0 Å². The third kappa shape index (κ3) is 9.46. The van der Waals surface area contributed by atoms with Crippen molar-refractivity contribution in [2.45, 2.75) is 39.5 Å². The lowest BCUT2D eigenvalue weighted by Gasteiger charge is -2.11. The smallest absolute Gasteiger partial charge is 0.243 e. The van der Waals surface area contributed by atoms with E-state index in [2.05, 4.69) is 58.0 Å². The Morgan fingerprint density at radius 3 is 2.72 bits per heavy atom. The molecule has 1 amide bonds. The van der Waals surface area contributed by atoms with Crippen LogP contribution in [0.5, 0.6) is 0 Å². The van der Waals surface area contributed by atoms with E-state index in [1.54, 1.807) is 16.7 Å². The van der Waals surface area contributed by atoms with Crippen LogP contribution in [-0.4, -0.2) is 64.1 Å². The predicted molar refractivity (Wildman–Crippen MR) is 143 cm³/mol. The minimum absolute atomic E-state index is 0.0156. The zero-order valence-corrected chi connectivity index (χ0v) is 21.4. The first-order valence-electron chi connectivity index (χ1n) is 12.1. The second-order valence-corrected chi connectivity index (χ2v) is 8.30. The Hall–Kier alpha value is -3.79. The lowest BCUT2D eigenvalue weighted by Crippen LogP contribution is -2.27. The second kappa shape index (κ2) is 15.3. The molecule has 0 saturated carbocycles. The van der Waals surface area contributed by atoms with Crippen molar-refractivity contribution in [1.82, 2.24) is 24.9 Å². The highest BCUT2D eigenvalue weighted by Gasteiger charge is 2.15. The third-order valence-corrected chi connectivity index (χ3v) is 5.01. The highest BCUT2D eigenvalue weighted by atomic mass is 16.5. The summed E-state index contributed by atoms with van der Waals surface area (Å²) in [5.41, 5.74) is 2.62. The van der Waals surface area contributed by atoms with Crippen molar-refractivity contribution in [2.24, 2.45) is 0 Å². The van der Waals surface area contributed by atoms with Gasteiger partial charge in [-0.05, 0) is 30.9 Å². The van der Waals surface area contributed by atoms with Gasteiger partial charge in [0.1, 0.15) is 0 Å². The molecule has 0 fully saturated rings. The molecule has 0 unspecified atom stereocenters. The van der Waals surface area contributed by atoms with Crippen molar-refractivity contribution in [3.63, 3.8) is 0 Å². The van der Waals surface area contributed by atoms with E-state index >= 15 is 0 Å². The number of anilines is 2. The van der Waals surface area contributed by atoms with Gasteiger partial charge in [-0.15, -0.1) is 0 Å². The molecule has 0 atom stereocenters. The van der Waals surface area contributed by atoms with Gasteiger partial charge in [0.15, 0.2) is 11.4 Å². The minimum Gasteiger partial charge on any atom is -0.382 e. The van der Waals surface area contributed by atoms with Gasteiger partial charge >= 0.3 is 0 Å². The van der Waals surface area contributed by atoms with Crippen molar-refractivity contribution in [2.75, 3.05) is 43.5 Å². The average Bonchev–Trinajstić information content (AvgIpc) is 3.30. The summed E-state index contributed by atoms with van der Waals surface area (Å²) in [4.78, 5) is 32.1. The summed E-state index contributed by atoms with van der Waals surface area (Å²) in [7, 11) is 0. The number of fused-ring (bicyclic) bond motifs is 1. The van der Waals surface area contributed by atoms with Crippen LogP contribution in [0.2, 0.25) is 0 Å². The highest BCUT2D eigenvalue weighted by molar-refractivity contribution is 5.91. The fourth-order valence-electron chi connectivity index (χ4n) is 3.07. The summed E-state index contributed by atoms with van der Waals surface area (Å²) in [5.74, 6) is 0.909. The van der Waals surface area contributed by atoms with Crippen LogP contribution in [0.15, 0.2) is 55.3 Å². The molecule has 0 spiro atoms. The normalized spacial score (nSPS) is 11.4. The lowest BCUT2D eigenvalue weighted by atomic mass is 10.1. The SMILES string of the molecule is C=CC(=O)NCC(=O)C/C=C/C=C\C(=C)CNc1nc(NCCCOCC)nc2c(C(C)C)cnn12. The number of carbonyl (C=O) groups is 2. The van der Waals surface area contributed by atoms with E-state index in [1.165, 1.54) is 0 Å². The Morgan fingerprint density at radius 1 is 1.19 bits per heavy atom. The summed E-state index contributed by atoms with van der Waals surface area (Å²) < 4.78 is 7.09. The number of carbonyl (C=O) groups excluding carboxylic acids is 2. The van der Waals surface area contributed by atoms with Gasteiger partial charge in [0.2, 0.25) is 17.8 Å². The number of ether oxygens (including phenoxy) is 1. The average molecular weight is 496 g/mol. The van der Waals surface area contributed by atoms with Crippen LogP contribution in [0, 0.1) is 0 Å². The molecule has 194 valence electrons. The Labute approximate surface area is 212 Å². The molecule has 2 aromatic rings. The van der Waals surface area contributed by atoms with Gasteiger partial charge in [0.05, 0.1) is 12.7 Å². The quantitative estimate of drug-likeness (QED) is 0.173. The summed E-state index contributed by atoms with van der Waals surface area (Å²) >= 11 is 0. The lowest BCUT2D eigenvalue weighted by molar-refractivity contribution is -0.122. The van der Waals surface area contributed by atoms with Crippen LogP contribution in [0.4, 0.5) is 11.9 Å². The van der Waals surface area contributed by atoms with Crippen LogP contribution in [-0.2, 0) is 14.3 Å². The molecular formula is C26H37N7O3. The number of rotatable bonds is 17. The number of allylic oxidation sites excluding steroid dienone is 3. The number of hydrogen-bond acceptors (Lipinski definition) is 8. The maximum Gasteiger partial charge on any atom is 0.243 e. The van der Waals surface area contributed by atoms with Gasteiger partial charge in [-0.25, -0.2) is 0 Å². The predicted octanol–water partition coefficient (Wildman–Crippen LogP) is 3.43. The Morgan fingerprint density at radius 2 is 2.00 bits per heavy atom. The van der Waals surface area contributed by atoms with E-state index < -0.39 is 0 Å². The largest absolute Gasteiger partial charge is 0.382 e. The molecule has 0 aromatic carbocycles. The monoisotopic (exact) mass is 495 g/mol. The number of amides is 1. The first kappa shape index (κ1) is 28.4. The van der Waals surface area contributed by atoms with Crippen molar-refractivity contribution in [3.05, 3.63) is 60.9 Å². The van der Waals surface area contributed by atoms with Gasteiger partial charge in [0, 0.05) is 38.3 Å². The Kier molecular flexibility index (Phi) is 12.1. The molecule has 10 nitrogen and oxygen atoms in total. The summed E-state index contributed by atoms with van der Waals surface area (Å²) in [6.45, 7) is 16.1. The van der Waals surface area contributed by atoms with Crippen LogP contribution < -0.4 is 16.0 Å². The molecule has 0 saturated heterocycles. The summed E-state index contributed by atoms with van der Waals surface area (Å²) in [5, 5.41) is 13.5. The minimum atomic E-state index is -0.364. The number of nitrogens with one attached hydrogen (secondary N) is 3. The zero-order chi connectivity index (χ0) is 26.3. The number of aromatic nitrogens is 4. The highest BCUT2D eigenvalue weighted by Crippen LogP contribution is 2.22. The van der Waals surface area contributed by atoms with Crippen molar-refractivity contribution in [3.8, 4) is 0 Å². The summed E-state index contributed by atoms with van der Waals surface area (Å²) in [6, 6.07) is 0. The van der Waals surface area contributed by atoms with E-state index in [0.29, 0.717) is 38.2 Å². The molecule has 0 aliphatic rings. The van der Waals surface area contributed by atoms with E-state index in [1.807, 2.05) is 25.3 Å². The molecule has 3 N–H and O–H groups in total. The molecule has 2 aromatic heterocycles. The molecule has 0 radical (unpaired) electrons. The molecule has 36 heavy (non-hydrogen) atoms. The molecule has 10 heteroatoms. The van der Waals surface area contributed by atoms with Crippen molar-refractivity contribution < 1.29 is 14.3 Å². The van der Waals surface area contributed by atoms with E-state index in [0.717, 1.165) is 29.3 Å². The molecule has 2 rings (SSSR count). The first-order valence-corrected chi connectivity index (χ1v) is 12.1. The van der Waals surface area contributed by atoms with Crippen LogP contribution in [0.25, 0.3) is 5.65 Å². The number of ketones is 1. The van der Waals surface area contributed by atoms with Gasteiger partial charge in [-0.3, -0.25) is 9.59 Å². The second-order valence-electron chi connectivity index (χ2n) is 8.30. The van der Waals surface area contributed by atoms with E-state index in [-0.39, 0.29) is 30.6 Å². The molecule has 0 aliphatic heterocycles. The maximum atomic E-state index is 11.7. The van der Waals surface area contributed by atoms with Crippen LogP contribution in [0.1, 0.15) is 45.1 Å². The van der Waals surface area contributed by atoms with Crippen molar-refractivity contribution in [1.29, 1.82) is 0 Å². The zero-order valence-electron chi connectivity index (χ0n) is 21.4. The van der Waals surface area contributed by atoms with Gasteiger partial charge < -0.3 is 20.7 Å². The topological polar surface area (TPSA) is 123 Å². The Bertz CT molecular complexity index is 1100. The Balaban J connectivity index is 1.96. The van der Waals surface area contributed by atoms with Crippen molar-refractivity contribution >= 4 is 29.2 Å². The van der Waals surface area contributed by atoms with E-state index in [4.69, 9.17) is 4.74 Å². The van der Waals surface area contributed by atoms with E-state index in [9.17, 15) is 9.59 Å². The third-order valence-electron chi connectivity index (χ3n) is 5.01. The fourth-order valence-corrected chi connectivity index (χ4v) is 3.07. The molecule has 0 bridgehead atoms. The van der Waals surface area contributed by atoms with Gasteiger partial charge in [-0.2, -0.15) is 19.6 Å². The van der Waals surface area contributed by atoms with Crippen LogP contribution in [0.3, 0.4) is 0 Å².